The van der Waals surface area contributed by atoms with Gasteiger partial charge in [0, 0.05) is 21.3 Å². The second-order valence-electron chi connectivity index (χ2n) is 4.79. The number of benzene rings is 1. The molecule has 0 N–H and O–H groups in total. The lowest BCUT2D eigenvalue weighted by Crippen LogP contribution is -2.04. The van der Waals surface area contributed by atoms with Crippen molar-refractivity contribution in [2.75, 3.05) is 0 Å². The summed E-state index contributed by atoms with van der Waals surface area (Å²) in [6.07, 6.45) is 1.24. The fourth-order valence-corrected chi connectivity index (χ4v) is 5.37. The van der Waals surface area contributed by atoms with E-state index in [9.17, 15) is 13.7 Å². The van der Waals surface area contributed by atoms with Crippen molar-refractivity contribution in [3.05, 3.63) is 61.0 Å². The number of hydrogen-bond donors (Lipinski definition) is 0. The molecule has 2 heterocycles. The van der Waals surface area contributed by atoms with Crippen LogP contribution < -0.4 is 0 Å². The number of thiazole rings is 1. The summed E-state index contributed by atoms with van der Waals surface area (Å²) >= 11 is 14.7. The molecule has 0 aliphatic rings. The van der Waals surface area contributed by atoms with Crippen molar-refractivity contribution in [3.8, 4) is 16.6 Å². The average Bonchev–Trinajstić information content (AvgIpc) is 3.25. The molecule has 0 amide bonds. The minimum absolute atomic E-state index is 0.00258. The fraction of sp³-hybridized carbons (Fsp3) is 0. The Labute approximate surface area is 162 Å². The summed E-state index contributed by atoms with van der Waals surface area (Å²) in [5.41, 5.74) is 1.35. The number of aromatic nitrogens is 1. The van der Waals surface area contributed by atoms with Gasteiger partial charge in [0.25, 0.3) is 0 Å². The number of sulfone groups is 1. The molecule has 4 nitrogen and oxygen atoms in total. The molecule has 0 saturated carbocycles. The number of hydrogen-bond acceptors (Lipinski definition) is 6. The van der Waals surface area contributed by atoms with Crippen LogP contribution in [0.4, 0.5) is 0 Å². The highest BCUT2D eigenvalue weighted by Crippen LogP contribution is 2.31. The SMILES string of the molecule is N#C/C(=C/c1csc(-c2ccsc2)n1)S(=O)(=O)c1cc(Cl)ccc1Cl. The summed E-state index contributed by atoms with van der Waals surface area (Å²) in [6.45, 7) is 0. The highest BCUT2D eigenvalue weighted by Gasteiger charge is 2.24. The molecule has 3 rings (SSSR count). The number of allylic oxidation sites excluding steroid dienone is 1. The second-order valence-corrected chi connectivity index (χ2v) is 9.16. The summed E-state index contributed by atoms with van der Waals surface area (Å²) in [6, 6.07) is 7.72. The summed E-state index contributed by atoms with van der Waals surface area (Å²) in [5.74, 6) is 0. The van der Waals surface area contributed by atoms with E-state index in [0.717, 1.165) is 10.6 Å². The van der Waals surface area contributed by atoms with Crippen molar-refractivity contribution < 1.29 is 8.42 Å². The smallest absolute Gasteiger partial charge is 0.218 e. The molecule has 0 spiro atoms. The Bertz CT molecular complexity index is 1090. The van der Waals surface area contributed by atoms with Gasteiger partial charge >= 0.3 is 0 Å². The Morgan fingerprint density at radius 2 is 2.04 bits per heavy atom. The maximum Gasteiger partial charge on any atom is 0.218 e. The molecule has 0 bridgehead atoms. The van der Waals surface area contributed by atoms with Crippen LogP contribution in [-0.4, -0.2) is 13.4 Å². The third kappa shape index (κ3) is 3.78. The maximum atomic E-state index is 12.7. The first kappa shape index (κ1) is 18.1. The van der Waals surface area contributed by atoms with Crippen LogP contribution in [0.5, 0.6) is 0 Å². The van der Waals surface area contributed by atoms with Gasteiger partial charge in [-0.25, -0.2) is 13.4 Å². The summed E-state index contributed by atoms with van der Waals surface area (Å²) < 4.78 is 25.4. The molecule has 0 aliphatic heterocycles. The van der Waals surface area contributed by atoms with Gasteiger partial charge in [-0.2, -0.15) is 16.6 Å². The number of nitriles is 1. The predicted molar refractivity (Wildman–Crippen MR) is 103 cm³/mol. The zero-order chi connectivity index (χ0) is 18.0. The van der Waals surface area contributed by atoms with Crippen molar-refractivity contribution in [2.45, 2.75) is 4.90 Å². The van der Waals surface area contributed by atoms with Crippen LogP contribution in [-0.2, 0) is 9.84 Å². The number of halogens is 2. The van der Waals surface area contributed by atoms with Gasteiger partial charge in [0.15, 0.2) is 4.91 Å². The number of rotatable bonds is 4. The van der Waals surface area contributed by atoms with Gasteiger partial charge < -0.3 is 0 Å². The molecule has 1 aromatic carbocycles. The molecule has 0 radical (unpaired) electrons. The molecule has 0 aliphatic carbocycles. The normalized spacial score (nSPS) is 12.1. The lowest BCUT2D eigenvalue weighted by Gasteiger charge is -2.05. The molecule has 25 heavy (non-hydrogen) atoms. The Morgan fingerprint density at radius 3 is 2.72 bits per heavy atom. The first-order valence-electron chi connectivity index (χ1n) is 6.72. The first-order chi connectivity index (χ1) is 11.9. The molecule has 0 saturated heterocycles. The third-order valence-electron chi connectivity index (χ3n) is 3.15. The van der Waals surface area contributed by atoms with Crippen molar-refractivity contribution in [1.82, 2.24) is 4.98 Å². The van der Waals surface area contributed by atoms with Crippen LogP contribution >= 0.6 is 45.9 Å². The Hall–Kier alpha value is -1.69. The van der Waals surface area contributed by atoms with Gasteiger partial charge in [0.1, 0.15) is 11.1 Å². The Balaban J connectivity index is 2.03. The minimum atomic E-state index is -4.10. The Kier molecular flexibility index (Phi) is 5.27. The minimum Gasteiger partial charge on any atom is -0.237 e. The van der Waals surface area contributed by atoms with Gasteiger partial charge in [-0.15, -0.1) is 11.3 Å². The lowest BCUT2D eigenvalue weighted by molar-refractivity contribution is 0.603. The van der Waals surface area contributed by atoms with E-state index in [4.69, 9.17) is 23.2 Å². The van der Waals surface area contributed by atoms with E-state index >= 15 is 0 Å². The van der Waals surface area contributed by atoms with E-state index in [1.54, 1.807) is 22.8 Å². The van der Waals surface area contributed by atoms with E-state index in [-0.39, 0.29) is 14.9 Å². The molecular formula is C16H8Cl2N2O2S3. The van der Waals surface area contributed by atoms with Crippen LogP contribution in [0.3, 0.4) is 0 Å². The lowest BCUT2D eigenvalue weighted by atomic mass is 10.3. The van der Waals surface area contributed by atoms with E-state index in [2.05, 4.69) is 4.98 Å². The van der Waals surface area contributed by atoms with Crippen molar-refractivity contribution in [3.63, 3.8) is 0 Å². The summed E-state index contributed by atoms with van der Waals surface area (Å²) in [4.78, 5) is 3.71. The molecule has 3 aromatic rings. The van der Waals surface area contributed by atoms with E-state index in [0.29, 0.717) is 5.69 Å². The van der Waals surface area contributed by atoms with Gasteiger partial charge in [0.05, 0.1) is 15.6 Å². The third-order valence-corrected chi connectivity index (χ3v) is 7.13. The van der Waals surface area contributed by atoms with Gasteiger partial charge in [0.2, 0.25) is 9.84 Å². The summed E-state index contributed by atoms with van der Waals surface area (Å²) in [5, 5.41) is 15.9. The van der Waals surface area contributed by atoms with Crippen molar-refractivity contribution in [1.29, 1.82) is 5.26 Å². The van der Waals surface area contributed by atoms with Crippen LogP contribution in [0.15, 0.2) is 50.2 Å². The second kappa shape index (κ2) is 7.28. The van der Waals surface area contributed by atoms with Crippen LogP contribution in [0, 0.1) is 11.3 Å². The highest BCUT2D eigenvalue weighted by atomic mass is 35.5. The molecule has 0 fully saturated rings. The zero-order valence-electron chi connectivity index (χ0n) is 12.3. The zero-order valence-corrected chi connectivity index (χ0v) is 16.3. The molecule has 0 unspecified atom stereocenters. The van der Waals surface area contributed by atoms with Gasteiger partial charge in [-0.3, -0.25) is 0 Å². The number of nitrogens with zero attached hydrogens (tertiary/aromatic N) is 2. The van der Waals surface area contributed by atoms with Crippen LogP contribution in [0.25, 0.3) is 16.6 Å². The quantitative estimate of drug-likeness (QED) is 0.515. The van der Waals surface area contributed by atoms with Gasteiger partial charge in [-0.1, -0.05) is 23.2 Å². The fourth-order valence-electron chi connectivity index (χ4n) is 1.98. The van der Waals surface area contributed by atoms with E-state index < -0.39 is 14.7 Å². The monoisotopic (exact) mass is 426 g/mol. The molecular weight excluding hydrogens is 419 g/mol. The topological polar surface area (TPSA) is 70.8 Å². The molecule has 9 heteroatoms. The largest absolute Gasteiger partial charge is 0.237 e. The number of thiophene rings is 1. The van der Waals surface area contributed by atoms with Crippen molar-refractivity contribution in [2.24, 2.45) is 0 Å². The van der Waals surface area contributed by atoms with Crippen molar-refractivity contribution >= 4 is 61.8 Å². The predicted octanol–water partition coefficient (Wildman–Crippen LogP) is 5.52. The highest BCUT2D eigenvalue weighted by molar-refractivity contribution is 7.95. The standard InChI is InChI=1S/C16H8Cl2N2O2S3/c17-11-1-2-14(18)15(5-11)25(21,22)13(7-19)6-12-9-24-16(20-12)10-3-4-23-8-10/h1-6,8-9H/b13-6-. The maximum absolute atomic E-state index is 12.7. The van der Waals surface area contributed by atoms with Crippen LogP contribution in [0.2, 0.25) is 10.0 Å². The summed E-state index contributed by atoms with van der Waals surface area (Å²) in [7, 11) is -4.10. The molecule has 2 aromatic heterocycles. The first-order valence-corrected chi connectivity index (χ1v) is 10.8. The molecule has 0 atom stereocenters. The Morgan fingerprint density at radius 1 is 1.24 bits per heavy atom. The van der Waals surface area contributed by atoms with E-state index in [1.165, 1.54) is 35.6 Å². The van der Waals surface area contributed by atoms with E-state index in [1.807, 2.05) is 16.8 Å². The van der Waals surface area contributed by atoms with Gasteiger partial charge in [-0.05, 0) is 35.7 Å². The van der Waals surface area contributed by atoms with Crippen LogP contribution in [0.1, 0.15) is 5.69 Å². The average molecular weight is 427 g/mol. The molecule has 126 valence electrons.